The molecule has 0 unspecified atom stereocenters. The van der Waals surface area contributed by atoms with Gasteiger partial charge < -0.3 is 5.73 Å². The molecule has 0 spiro atoms. The molecule has 2 heterocycles. The van der Waals surface area contributed by atoms with Gasteiger partial charge in [0.05, 0.1) is 11.2 Å². The van der Waals surface area contributed by atoms with E-state index in [9.17, 15) is 4.79 Å². The monoisotopic (exact) mass is 240 g/mol. The Morgan fingerprint density at radius 1 is 1.17 bits per heavy atom. The van der Waals surface area contributed by atoms with Gasteiger partial charge in [-0.2, -0.15) is 5.10 Å². The quantitative estimate of drug-likeness (QED) is 0.637. The van der Waals surface area contributed by atoms with E-state index in [2.05, 4.69) is 27.3 Å². The first-order valence-electron chi connectivity index (χ1n) is 5.35. The van der Waals surface area contributed by atoms with Gasteiger partial charge in [0, 0.05) is 17.8 Å². The molecule has 0 saturated heterocycles. The van der Waals surface area contributed by atoms with Gasteiger partial charge >= 0.3 is 0 Å². The van der Waals surface area contributed by atoms with E-state index in [4.69, 9.17) is 5.73 Å². The number of hydrogen-bond donors (Lipinski definition) is 2. The van der Waals surface area contributed by atoms with Gasteiger partial charge in [-0.3, -0.25) is 14.9 Å². The zero-order valence-electron chi connectivity index (χ0n) is 9.58. The van der Waals surface area contributed by atoms with Gasteiger partial charge in [0.15, 0.2) is 6.29 Å². The molecule has 0 radical (unpaired) electrons. The molecule has 18 heavy (non-hydrogen) atoms. The zero-order valence-corrected chi connectivity index (χ0v) is 9.58. The second kappa shape index (κ2) is 5.58. The molecular formula is C13H12N4O. The number of para-hydroxylation sites is 1. The third-order valence-electron chi connectivity index (χ3n) is 2.32. The Labute approximate surface area is 104 Å². The van der Waals surface area contributed by atoms with E-state index in [1.807, 2.05) is 30.5 Å². The predicted octanol–water partition coefficient (Wildman–Crippen LogP) is 2.04. The number of rotatable bonds is 1. The lowest BCUT2D eigenvalue weighted by atomic mass is 10.2. The first kappa shape index (κ1) is 11.8. The van der Waals surface area contributed by atoms with Crippen molar-refractivity contribution in [1.29, 1.82) is 0 Å². The topological polar surface area (TPSA) is 84.7 Å². The molecule has 0 bridgehead atoms. The Morgan fingerprint density at radius 2 is 1.94 bits per heavy atom. The number of aromatic nitrogens is 3. The first-order valence-corrected chi connectivity index (χ1v) is 5.35. The lowest BCUT2D eigenvalue weighted by Crippen LogP contribution is -1.87. The summed E-state index contributed by atoms with van der Waals surface area (Å²) in [6, 6.07) is 12.1. The number of pyridine rings is 1. The molecule has 0 atom stereocenters. The van der Waals surface area contributed by atoms with E-state index in [1.165, 1.54) is 11.6 Å². The number of benzene rings is 1. The van der Waals surface area contributed by atoms with Crippen molar-refractivity contribution < 1.29 is 4.79 Å². The number of aromatic amines is 1. The third kappa shape index (κ3) is 2.70. The molecule has 3 N–H and O–H groups in total. The van der Waals surface area contributed by atoms with Crippen molar-refractivity contribution in [2.24, 2.45) is 0 Å². The molecule has 1 aromatic carbocycles. The lowest BCUT2D eigenvalue weighted by Gasteiger charge is -1.91. The normalized spacial score (nSPS) is 9.56. The number of H-pyrrole nitrogens is 1. The molecule has 0 aliphatic carbocycles. The van der Waals surface area contributed by atoms with E-state index in [-0.39, 0.29) is 5.69 Å². The summed E-state index contributed by atoms with van der Waals surface area (Å²) in [5, 5.41) is 7.16. The van der Waals surface area contributed by atoms with Crippen LogP contribution in [0.5, 0.6) is 0 Å². The van der Waals surface area contributed by atoms with E-state index in [0.29, 0.717) is 12.0 Å². The van der Waals surface area contributed by atoms with E-state index in [0.717, 1.165) is 5.52 Å². The maximum absolute atomic E-state index is 9.93. The van der Waals surface area contributed by atoms with Gasteiger partial charge in [0.25, 0.3) is 0 Å². The summed E-state index contributed by atoms with van der Waals surface area (Å²) in [6.45, 7) is 0. The predicted molar refractivity (Wildman–Crippen MR) is 70.1 cm³/mol. The Morgan fingerprint density at radius 3 is 2.56 bits per heavy atom. The molecular weight excluding hydrogens is 228 g/mol. The van der Waals surface area contributed by atoms with Gasteiger partial charge in [-0.15, -0.1) is 0 Å². The molecule has 0 aliphatic heterocycles. The molecule has 3 rings (SSSR count). The van der Waals surface area contributed by atoms with Crippen LogP contribution in [0.2, 0.25) is 0 Å². The average molecular weight is 240 g/mol. The van der Waals surface area contributed by atoms with Crippen molar-refractivity contribution in [3.63, 3.8) is 0 Å². The Balaban J connectivity index is 0.000000138. The summed E-state index contributed by atoms with van der Waals surface area (Å²) in [7, 11) is 0. The number of nitrogen functional groups attached to an aromatic ring is 1. The van der Waals surface area contributed by atoms with Crippen molar-refractivity contribution in [1.82, 2.24) is 15.2 Å². The zero-order chi connectivity index (χ0) is 12.8. The minimum Gasteiger partial charge on any atom is -0.396 e. The fourth-order valence-electron chi connectivity index (χ4n) is 1.42. The van der Waals surface area contributed by atoms with Crippen LogP contribution in [-0.2, 0) is 0 Å². The number of fused-ring (bicyclic) bond motifs is 1. The van der Waals surface area contributed by atoms with Crippen LogP contribution in [0.3, 0.4) is 0 Å². The van der Waals surface area contributed by atoms with E-state index < -0.39 is 0 Å². The van der Waals surface area contributed by atoms with Crippen LogP contribution in [-0.4, -0.2) is 21.5 Å². The van der Waals surface area contributed by atoms with E-state index >= 15 is 0 Å². The molecule has 2 aromatic heterocycles. The molecule has 0 amide bonds. The second-order valence-electron chi connectivity index (χ2n) is 3.54. The van der Waals surface area contributed by atoms with Crippen molar-refractivity contribution in [2.45, 2.75) is 0 Å². The smallest absolute Gasteiger partial charge is 0.172 e. The maximum Gasteiger partial charge on any atom is 0.172 e. The van der Waals surface area contributed by atoms with Gasteiger partial charge in [-0.25, -0.2) is 0 Å². The van der Waals surface area contributed by atoms with Gasteiger partial charge in [0.1, 0.15) is 5.69 Å². The number of nitrogens with zero attached hydrogens (tertiary/aromatic N) is 2. The molecule has 3 aromatic rings. The van der Waals surface area contributed by atoms with E-state index in [1.54, 1.807) is 0 Å². The molecule has 0 aliphatic rings. The number of nitrogens with two attached hydrogens (primary N) is 1. The SMILES string of the molecule is Nc1c[nH]nc1C=O.c1ccc2ncccc2c1. The number of nitrogens with one attached hydrogen (secondary N) is 1. The first-order chi connectivity index (χ1) is 8.81. The van der Waals surface area contributed by atoms with Crippen molar-refractivity contribution in [3.05, 3.63) is 54.5 Å². The van der Waals surface area contributed by atoms with Crippen LogP contribution >= 0.6 is 0 Å². The van der Waals surface area contributed by atoms with Crippen molar-refractivity contribution in [3.8, 4) is 0 Å². The number of anilines is 1. The van der Waals surface area contributed by atoms with Crippen LogP contribution in [0.4, 0.5) is 5.69 Å². The van der Waals surface area contributed by atoms with Crippen LogP contribution in [0.15, 0.2) is 48.8 Å². The summed E-state index contributed by atoms with van der Waals surface area (Å²) >= 11 is 0. The summed E-state index contributed by atoms with van der Waals surface area (Å²) in [6.07, 6.45) is 3.87. The largest absolute Gasteiger partial charge is 0.396 e. The molecule has 0 fully saturated rings. The van der Waals surface area contributed by atoms with Crippen LogP contribution in [0, 0.1) is 0 Å². The van der Waals surface area contributed by atoms with Crippen molar-refractivity contribution in [2.75, 3.05) is 5.73 Å². The Bertz CT molecular complexity index is 583. The lowest BCUT2D eigenvalue weighted by molar-refractivity contribution is 0.112. The minimum absolute atomic E-state index is 0.269. The standard InChI is InChI=1S/C9H7N.C4H5N3O/c1-2-6-9-8(4-1)5-3-7-10-9;5-3-1-6-7-4(3)2-8/h1-7H;1-2H,5H2,(H,6,7). The third-order valence-corrected chi connectivity index (χ3v) is 2.32. The number of aldehydes is 1. The fourth-order valence-corrected chi connectivity index (χ4v) is 1.42. The van der Waals surface area contributed by atoms with Gasteiger partial charge in [-0.1, -0.05) is 24.3 Å². The highest BCUT2D eigenvalue weighted by atomic mass is 16.1. The van der Waals surface area contributed by atoms with Crippen LogP contribution < -0.4 is 5.73 Å². The Hall–Kier alpha value is -2.69. The molecule has 5 heteroatoms. The molecule has 5 nitrogen and oxygen atoms in total. The summed E-state index contributed by atoms with van der Waals surface area (Å²) in [5.74, 6) is 0. The highest BCUT2D eigenvalue weighted by Crippen LogP contribution is 2.07. The minimum atomic E-state index is 0.269. The average Bonchev–Trinajstić information content (AvgIpc) is 2.85. The maximum atomic E-state index is 9.93. The summed E-state index contributed by atoms with van der Waals surface area (Å²) in [5.41, 5.74) is 6.94. The second-order valence-corrected chi connectivity index (χ2v) is 3.54. The highest BCUT2D eigenvalue weighted by Gasteiger charge is 1.95. The molecule has 0 saturated carbocycles. The summed E-state index contributed by atoms with van der Waals surface area (Å²) < 4.78 is 0. The van der Waals surface area contributed by atoms with Gasteiger partial charge in [-0.05, 0) is 12.1 Å². The number of carbonyl (C=O) groups excluding carboxylic acids is 1. The molecule has 90 valence electrons. The number of hydrogen-bond acceptors (Lipinski definition) is 4. The highest BCUT2D eigenvalue weighted by molar-refractivity contribution is 5.79. The fraction of sp³-hybridized carbons (Fsp3) is 0. The van der Waals surface area contributed by atoms with Crippen LogP contribution in [0.25, 0.3) is 10.9 Å². The number of carbonyl (C=O) groups is 1. The van der Waals surface area contributed by atoms with Gasteiger partial charge in [0.2, 0.25) is 0 Å². The summed E-state index contributed by atoms with van der Waals surface area (Å²) in [4.78, 5) is 14.1. The Kier molecular flexibility index (Phi) is 3.66. The van der Waals surface area contributed by atoms with Crippen molar-refractivity contribution >= 4 is 22.9 Å². The van der Waals surface area contributed by atoms with Crippen LogP contribution in [0.1, 0.15) is 10.5 Å².